The maximum atomic E-state index is 11.7. The molecule has 100 valence electrons. The minimum Gasteiger partial charge on any atom is -0.493 e. The molecule has 0 atom stereocenters. The lowest BCUT2D eigenvalue weighted by atomic mass is 10.0. The van der Waals surface area contributed by atoms with Gasteiger partial charge in [0.1, 0.15) is 5.75 Å². The molecule has 0 radical (unpaired) electrons. The van der Waals surface area contributed by atoms with Gasteiger partial charge in [0.05, 0.1) is 12.1 Å². The molecule has 1 aromatic heterocycles. The number of rotatable bonds is 4. The summed E-state index contributed by atoms with van der Waals surface area (Å²) in [5.74, 6) is 1.31. The molecule has 0 amide bonds. The summed E-state index contributed by atoms with van der Waals surface area (Å²) in [5.41, 5.74) is 2.40. The van der Waals surface area contributed by atoms with Crippen molar-refractivity contribution in [3.05, 3.63) is 35.5 Å². The summed E-state index contributed by atoms with van der Waals surface area (Å²) in [6.45, 7) is 8.35. The van der Waals surface area contributed by atoms with E-state index in [0.29, 0.717) is 18.1 Å². The zero-order chi connectivity index (χ0) is 14.0. The molecule has 3 nitrogen and oxygen atoms in total. The van der Waals surface area contributed by atoms with Gasteiger partial charge in [-0.2, -0.15) is 0 Å². The molecule has 0 aliphatic rings. The van der Waals surface area contributed by atoms with Crippen LogP contribution in [0.1, 0.15) is 36.8 Å². The normalized spacial score (nSPS) is 11.0. The first kappa shape index (κ1) is 13.5. The zero-order valence-electron chi connectivity index (χ0n) is 11.9. The summed E-state index contributed by atoms with van der Waals surface area (Å²) in [6, 6.07) is 7.54. The second-order valence-electron chi connectivity index (χ2n) is 5.25. The molecule has 0 bridgehead atoms. The average molecular weight is 257 g/mol. The van der Waals surface area contributed by atoms with Crippen LogP contribution in [0.25, 0.3) is 10.9 Å². The highest BCUT2D eigenvalue weighted by molar-refractivity contribution is 6.06. The van der Waals surface area contributed by atoms with Crippen molar-refractivity contribution in [2.45, 2.75) is 27.7 Å². The van der Waals surface area contributed by atoms with Crippen molar-refractivity contribution in [2.24, 2.45) is 5.92 Å². The van der Waals surface area contributed by atoms with E-state index < -0.39 is 0 Å². The Kier molecular flexibility index (Phi) is 3.84. The van der Waals surface area contributed by atoms with Gasteiger partial charge in [-0.15, -0.1) is 0 Å². The first-order valence-electron chi connectivity index (χ1n) is 6.52. The van der Waals surface area contributed by atoms with Gasteiger partial charge in [0.25, 0.3) is 0 Å². The Bertz CT molecular complexity index is 617. The number of Topliss-reactive ketones (excluding diaryl/α,β-unsaturated/α-hetero) is 1. The van der Waals surface area contributed by atoms with Gasteiger partial charge < -0.3 is 4.74 Å². The lowest BCUT2D eigenvalue weighted by Gasteiger charge is -2.11. The summed E-state index contributed by atoms with van der Waals surface area (Å²) < 4.78 is 5.70. The largest absolute Gasteiger partial charge is 0.493 e. The number of carbonyl (C=O) groups excluding carboxylic acids is 1. The van der Waals surface area contributed by atoms with Crippen molar-refractivity contribution in [3.63, 3.8) is 0 Å². The Morgan fingerprint density at radius 3 is 2.68 bits per heavy atom. The molecular weight excluding hydrogens is 238 g/mol. The van der Waals surface area contributed by atoms with Crippen LogP contribution >= 0.6 is 0 Å². The first-order chi connectivity index (χ1) is 8.97. The van der Waals surface area contributed by atoms with E-state index in [0.717, 1.165) is 22.3 Å². The number of pyridine rings is 1. The maximum absolute atomic E-state index is 11.7. The Labute approximate surface area is 113 Å². The number of hydrogen-bond acceptors (Lipinski definition) is 3. The fourth-order valence-corrected chi connectivity index (χ4v) is 1.98. The van der Waals surface area contributed by atoms with Crippen molar-refractivity contribution in [3.8, 4) is 5.75 Å². The number of ether oxygens (including phenoxy) is 1. The number of hydrogen-bond donors (Lipinski definition) is 0. The van der Waals surface area contributed by atoms with E-state index in [1.54, 1.807) is 6.92 Å². The minimum absolute atomic E-state index is 0.0523. The third-order valence-electron chi connectivity index (χ3n) is 2.87. The smallest absolute Gasteiger partial charge is 0.160 e. The van der Waals surface area contributed by atoms with Crippen LogP contribution in [0.3, 0.4) is 0 Å². The number of aromatic nitrogens is 1. The van der Waals surface area contributed by atoms with Crippen molar-refractivity contribution in [1.29, 1.82) is 0 Å². The van der Waals surface area contributed by atoms with E-state index in [1.807, 2.05) is 31.2 Å². The molecule has 0 aliphatic carbocycles. The van der Waals surface area contributed by atoms with Gasteiger partial charge in [0.15, 0.2) is 5.78 Å². The van der Waals surface area contributed by atoms with E-state index in [-0.39, 0.29) is 5.78 Å². The number of carbonyl (C=O) groups is 1. The van der Waals surface area contributed by atoms with E-state index in [2.05, 4.69) is 18.8 Å². The molecular formula is C16H19NO2. The van der Waals surface area contributed by atoms with Crippen LogP contribution in [-0.4, -0.2) is 17.4 Å². The van der Waals surface area contributed by atoms with Crippen LogP contribution in [0.2, 0.25) is 0 Å². The third-order valence-corrected chi connectivity index (χ3v) is 2.87. The molecule has 2 rings (SSSR count). The second kappa shape index (κ2) is 5.39. The second-order valence-corrected chi connectivity index (χ2v) is 5.25. The van der Waals surface area contributed by atoms with Crippen LogP contribution in [-0.2, 0) is 0 Å². The van der Waals surface area contributed by atoms with Gasteiger partial charge in [0, 0.05) is 16.6 Å². The number of ketones is 1. The zero-order valence-corrected chi connectivity index (χ0v) is 11.9. The number of nitrogens with zero attached hydrogens (tertiary/aromatic N) is 1. The molecule has 0 unspecified atom stereocenters. The van der Waals surface area contributed by atoms with Crippen LogP contribution in [0.5, 0.6) is 5.75 Å². The van der Waals surface area contributed by atoms with Gasteiger partial charge >= 0.3 is 0 Å². The van der Waals surface area contributed by atoms with Gasteiger partial charge in [-0.1, -0.05) is 13.8 Å². The van der Waals surface area contributed by atoms with E-state index in [1.165, 1.54) is 0 Å². The fourth-order valence-electron chi connectivity index (χ4n) is 1.98. The number of benzene rings is 1. The van der Waals surface area contributed by atoms with Gasteiger partial charge in [-0.25, -0.2) is 0 Å². The third kappa shape index (κ3) is 3.11. The fraction of sp³-hybridized carbons (Fsp3) is 0.375. The maximum Gasteiger partial charge on any atom is 0.160 e. The number of aryl methyl sites for hydroxylation is 1. The summed E-state index contributed by atoms with van der Waals surface area (Å²) in [6.07, 6.45) is 0. The van der Waals surface area contributed by atoms with Gasteiger partial charge in [0.2, 0.25) is 0 Å². The Balaban J connectivity index is 2.48. The number of fused-ring (bicyclic) bond motifs is 1. The van der Waals surface area contributed by atoms with Crippen molar-refractivity contribution < 1.29 is 9.53 Å². The topological polar surface area (TPSA) is 39.2 Å². The summed E-state index contributed by atoms with van der Waals surface area (Å²) in [7, 11) is 0. The lowest BCUT2D eigenvalue weighted by molar-refractivity contribution is 0.101. The van der Waals surface area contributed by atoms with E-state index in [4.69, 9.17) is 4.74 Å². The first-order valence-corrected chi connectivity index (χ1v) is 6.52. The average Bonchev–Trinajstić information content (AvgIpc) is 2.35. The minimum atomic E-state index is 0.0523. The molecule has 0 fully saturated rings. The molecule has 0 N–H and O–H groups in total. The highest BCUT2D eigenvalue weighted by Crippen LogP contribution is 2.24. The molecule has 19 heavy (non-hydrogen) atoms. The monoisotopic (exact) mass is 257 g/mol. The molecule has 1 heterocycles. The Hall–Kier alpha value is -1.90. The summed E-state index contributed by atoms with van der Waals surface area (Å²) in [4.78, 5) is 16.2. The van der Waals surface area contributed by atoms with Crippen molar-refractivity contribution in [2.75, 3.05) is 6.61 Å². The molecule has 0 spiro atoms. The molecule has 3 heteroatoms. The molecule has 1 aromatic carbocycles. The lowest BCUT2D eigenvalue weighted by Crippen LogP contribution is -2.05. The van der Waals surface area contributed by atoms with E-state index >= 15 is 0 Å². The summed E-state index contributed by atoms with van der Waals surface area (Å²) >= 11 is 0. The van der Waals surface area contributed by atoms with Gasteiger partial charge in [-0.05, 0) is 44.0 Å². The van der Waals surface area contributed by atoms with E-state index in [9.17, 15) is 4.79 Å². The van der Waals surface area contributed by atoms with Crippen molar-refractivity contribution in [1.82, 2.24) is 4.98 Å². The SMILES string of the molecule is CC(=O)c1cc(C)nc2ccc(OCC(C)C)cc12. The molecule has 0 saturated heterocycles. The van der Waals surface area contributed by atoms with Gasteiger partial charge in [-0.3, -0.25) is 9.78 Å². The quantitative estimate of drug-likeness (QED) is 0.782. The summed E-state index contributed by atoms with van der Waals surface area (Å²) in [5, 5.41) is 0.861. The standard InChI is InChI=1S/C16H19NO2/c1-10(2)9-19-13-5-6-16-15(8-13)14(12(4)18)7-11(3)17-16/h5-8,10H,9H2,1-4H3. The van der Waals surface area contributed by atoms with Crippen molar-refractivity contribution >= 4 is 16.7 Å². The Morgan fingerprint density at radius 1 is 1.32 bits per heavy atom. The molecule has 0 saturated carbocycles. The van der Waals surface area contributed by atoms with Crippen LogP contribution < -0.4 is 4.74 Å². The highest BCUT2D eigenvalue weighted by Gasteiger charge is 2.09. The van der Waals surface area contributed by atoms with Crippen LogP contribution in [0.4, 0.5) is 0 Å². The highest BCUT2D eigenvalue weighted by atomic mass is 16.5. The molecule has 2 aromatic rings. The van der Waals surface area contributed by atoms with Crippen LogP contribution in [0, 0.1) is 12.8 Å². The molecule has 0 aliphatic heterocycles. The predicted molar refractivity (Wildman–Crippen MR) is 76.8 cm³/mol. The van der Waals surface area contributed by atoms with Crippen LogP contribution in [0.15, 0.2) is 24.3 Å². The predicted octanol–water partition coefficient (Wildman–Crippen LogP) is 3.78. The Morgan fingerprint density at radius 2 is 2.05 bits per heavy atom.